The maximum absolute atomic E-state index is 11.0. The van der Waals surface area contributed by atoms with Gasteiger partial charge >= 0.3 is 11.9 Å². The first-order chi connectivity index (χ1) is 6.65. The van der Waals surface area contributed by atoms with Crippen molar-refractivity contribution >= 4 is 17.7 Å². The van der Waals surface area contributed by atoms with Crippen LogP contribution in [-0.2, 0) is 19.1 Å². The van der Waals surface area contributed by atoms with E-state index in [1.54, 1.807) is 13.8 Å². The summed E-state index contributed by atoms with van der Waals surface area (Å²) < 4.78 is 9.10. The zero-order valence-corrected chi connectivity index (χ0v) is 8.15. The molecule has 0 fully saturated rings. The topological polar surface area (TPSA) is 85.2 Å². The van der Waals surface area contributed by atoms with Crippen LogP contribution in [-0.4, -0.2) is 36.1 Å². The number of carbonyl (C=O) groups is 2. The van der Waals surface area contributed by atoms with Crippen molar-refractivity contribution in [3.63, 3.8) is 0 Å². The molecule has 0 aliphatic carbocycles. The Labute approximate surface area is 81.5 Å². The molecule has 80 valence electrons. The van der Waals surface area contributed by atoms with E-state index in [0.29, 0.717) is 0 Å². The quantitative estimate of drug-likeness (QED) is 0.301. The molecule has 0 radical (unpaired) electrons. The summed E-state index contributed by atoms with van der Waals surface area (Å²) in [4.78, 5) is 21.9. The van der Waals surface area contributed by atoms with Gasteiger partial charge in [0.2, 0.25) is 0 Å². The molecule has 1 N–H and O–H groups in total. The van der Waals surface area contributed by atoms with Gasteiger partial charge in [0, 0.05) is 0 Å². The lowest BCUT2D eigenvalue weighted by Crippen LogP contribution is -2.22. The average molecular weight is 203 g/mol. The van der Waals surface area contributed by atoms with Crippen LogP contribution in [0.3, 0.4) is 0 Å². The number of hydrogen-bond donors (Lipinski definition) is 1. The highest BCUT2D eigenvalue weighted by Crippen LogP contribution is 1.94. The van der Waals surface area contributed by atoms with E-state index in [1.165, 1.54) is 0 Å². The van der Waals surface area contributed by atoms with Crippen molar-refractivity contribution in [3.05, 3.63) is 0 Å². The maximum atomic E-state index is 11.0. The van der Waals surface area contributed by atoms with Gasteiger partial charge in [0.1, 0.15) is 0 Å². The van der Waals surface area contributed by atoms with E-state index >= 15 is 0 Å². The second kappa shape index (κ2) is 6.88. The minimum Gasteiger partial charge on any atom is -0.466 e. The van der Waals surface area contributed by atoms with Gasteiger partial charge in [0.05, 0.1) is 19.6 Å². The second-order valence-electron chi connectivity index (χ2n) is 2.25. The molecule has 6 nitrogen and oxygen atoms in total. The largest absolute Gasteiger partial charge is 0.466 e. The van der Waals surface area contributed by atoms with E-state index in [1.807, 2.05) is 0 Å². The normalized spacial score (nSPS) is 10.9. The Hall–Kier alpha value is -1.59. The Morgan fingerprint density at radius 2 is 1.79 bits per heavy atom. The van der Waals surface area contributed by atoms with Gasteiger partial charge in [-0.15, -0.1) is 0 Å². The second-order valence-corrected chi connectivity index (χ2v) is 2.25. The summed E-state index contributed by atoms with van der Waals surface area (Å²) >= 11 is 0. The zero-order chi connectivity index (χ0) is 11.0. The molecule has 14 heavy (non-hydrogen) atoms. The molecule has 0 atom stereocenters. The van der Waals surface area contributed by atoms with Crippen molar-refractivity contribution < 1.29 is 24.3 Å². The van der Waals surface area contributed by atoms with Gasteiger partial charge in [0.15, 0.2) is 5.71 Å². The van der Waals surface area contributed by atoms with Gasteiger partial charge in [-0.25, -0.2) is 4.79 Å². The molecule has 0 rings (SSSR count). The zero-order valence-electron chi connectivity index (χ0n) is 8.15. The first kappa shape index (κ1) is 12.4. The molecule has 0 heterocycles. The highest BCUT2D eigenvalue weighted by atomic mass is 16.5. The molecule has 0 aromatic carbocycles. The Bertz CT molecular complexity index is 236. The fourth-order valence-electron chi connectivity index (χ4n) is 0.711. The monoisotopic (exact) mass is 203 g/mol. The first-order valence-electron chi connectivity index (χ1n) is 4.19. The number of carbonyl (C=O) groups excluding carboxylic acids is 2. The molecule has 0 aromatic rings. The van der Waals surface area contributed by atoms with Gasteiger partial charge < -0.3 is 14.7 Å². The lowest BCUT2D eigenvalue weighted by atomic mass is 10.3. The number of hydrogen-bond acceptors (Lipinski definition) is 6. The third-order valence-electron chi connectivity index (χ3n) is 1.25. The molecule has 0 bridgehead atoms. The van der Waals surface area contributed by atoms with Gasteiger partial charge in [-0.2, -0.15) is 0 Å². The van der Waals surface area contributed by atoms with Gasteiger partial charge in [0.25, 0.3) is 0 Å². The van der Waals surface area contributed by atoms with Gasteiger partial charge in [-0.3, -0.25) is 4.79 Å². The van der Waals surface area contributed by atoms with E-state index in [0.717, 1.165) is 0 Å². The van der Waals surface area contributed by atoms with Crippen LogP contribution in [0.25, 0.3) is 0 Å². The Balaban J connectivity index is 4.17. The highest BCUT2D eigenvalue weighted by molar-refractivity contribution is 6.39. The van der Waals surface area contributed by atoms with E-state index in [2.05, 4.69) is 14.6 Å². The molecule has 0 saturated carbocycles. The van der Waals surface area contributed by atoms with Crippen molar-refractivity contribution in [1.82, 2.24) is 0 Å². The smallest absolute Gasteiger partial charge is 0.356 e. The highest BCUT2D eigenvalue weighted by Gasteiger charge is 2.18. The van der Waals surface area contributed by atoms with E-state index < -0.39 is 11.9 Å². The minimum absolute atomic E-state index is 0.153. The molecule has 0 aromatic heterocycles. The number of rotatable bonds is 5. The maximum Gasteiger partial charge on any atom is 0.356 e. The molecule has 0 saturated heterocycles. The number of ether oxygens (including phenoxy) is 2. The van der Waals surface area contributed by atoms with Crippen LogP contribution < -0.4 is 0 Å². The summed E-state index contributed by atoms with van der Waals surface area (Å²) in [5.74, 6) is -1.45. The predicted octanol–water partition coefficient (Wildman–Crippen LogP) is 0.333. The van der Waals surface area contributed by atoms with E-state index in [9.17, 15) is 9.59 Å². The summed E-state index contributed by atoms with van der Waals surface area (Å²) in [6.45, 7) is 3.61. The van der Waals surface area contributed by atoms with Crippen LogP contribution >= 0.6 is 0 Å². The lowest BCUT2D eigenvalue weighted by molar-refractivity contribution is -0.143. The van der Waals surface area contributed by atoms with Crippen molar-refractivity contribution in [1.29, 1.82) is 0 Å². The Morgan fingerprint density at radius 1 is 1.21 bits per heavy atom. The van der Waals surface area contributed by atoms with Crippen molar-refractivity contribution in [2.24, 2.45) is 5.16 Å². The van der Waals surface area contributed by atoms with E-state index in [4.69, 9.17) is 5.21 Å². The number of oxime groups is 1. The third kappa shape index (κ3) is 4.44. The lowest BCUT2D eigenvalue weighted by Gasteiger charge is -2.03. The summed E-state index contributed by atoms with van der Waals surface area (Å²) in [7, 11) is 0. The number of esters is 2. The third-order valence-corrected chi connectivity index (χ3v) is 1.25. The van der Waals surface area contributed by atoms with Gasteiger partial charge in [-0.05, 0) is 13.8 Å². The fourth-order valence-corrected chi connectivity index (χ4v) is 0.711. The van der Waals surface area contributed by atoms with E-state index in [-0.39, 0.29) is 25.3 Å². The van der Waals surface area contributed by atoms with Crippen LogP contribution in [0.2, 0.25) is 0 Å². The van der Waals surface area contributed by atoms with Crippen LogP contribution in [0, 0.1) is 0 Å². The van der Waals surface area contributed by atoms with Crippen molar-refractivity contribution in [2.45, 2.75) is 20.3 Å². The van der Waals surface area contributed by atoms with Crippen molar-refractivity contribution in [2.75, 3.05) is 13.2 Å². The summed E-state index contributed by atoms with van der Waals surface area (Å²) in [6.07, 6.45) is -0.386. The number of nitrogens with zero attached hydrogens (tertiary/aromatic N) is 1. The summed E-state index contributed by atoms with van der Waals surface area (Å²) in [5.41, 5.74) is -0.356. The molecular weight excluding hydrogens is 190 g/mol. The average Bonchev–Trinajstić information content (AvgIpc) is 2.15. The van der Waals surface area contributed by atoms with Crippen LogP contribution in [0.15, 0.2) is 5.16 Å². The Morgan fingerprint density at radius 3 is 2.21 bits per heavy atom. The first-order valence-corrected chi connectivity index (χ1v) is 4.19. The Kier molecular flexibility index (Phi) is 6.09. The fraction of sp³-hybridized carbons (Fsp3) is 0.625. The molecule has 0 spiro atoms. The minimum atomic E-state index is -0.817. The van der Waals surface area contributed by atoms with Crippen LogP contribution in [0.4, 0.5) is 0 Å². The predicted molar refractivity (Wildman–Crippen MR) is 47.1 cm³/mol. The summed E-state index contributed by atoms with van der Waals surface area (Å²) in [5, 5.41) is 11.1. The molecule has 0 amide bonds. The molecule has 6 heteroatoms. The molecule has 0 unspecified atom stereocenters. The molecule has 0 aliphatic heterocycles. The SMILES string of the molecule is CCOC(=O)C/C(=N\O)C(=O)OCC. The molecular formula is C8H13NO5. The van der Waals surface area contributed by atoms with Crippen molar-refractivity contribution in [3.8, 4) is 0 Å². The van der Waals surface area contributed by atoms with Crippen LogP contribution in [0.5, 0.6) is 0 Å². The summed E-state index contributed by atoms with van der Waals surface area (Å²) in [6, 6.07) is 0. The standard InChI is InChI=1S/C8H13NO5/c1-3-13-7(10)5-6(9-12)8(11)14-4-2/h12H,3-5H2,1-2H3/b9-6+. The van der Waals surface area contributed by atoms with Crippen LogP contribution in [0.1, 0.15) is 20.3 Å². The van der Waals surface area contributed by atoms with Gasteiger partial charge in [-0.1, -0.05) is 5.16 Å². The molecule has 0 aliphatic rings.